The van der Waals surface area contributed by atoms with Gasteiger partial charge >= 0.3 is 5.97 Å². The number of aromatic nitrogens is 2. The van der Waals surface area contributed by atoms with E-state index in [1.807, 2.05) is 0 Å². The highest BCUT2D eigenvalue weighted by Gasteiger charge is 2.21. The Morgan fingerprint density at radius 2 is 2.07 bits per heavy atom. The fourth-order valence-corrected chi connectivity index (χ4v) is 2.08. The summed E-state index contributed by atoms with van der Waals surface area (Å²) in [6.07, 6.45) is 5.38. The van der Waals surface area contributed by atoms with E-state index in [9.17, 15) is 9.90 Å². The predicted molar refractivity (Wildman–Crippen MR) is 53.0 cm³/mol. The Bertz CT molecular complexity index is 367. The molecule has 0 bridgehead atoms. The van der Waals surface area contributed by atoms with Crippen molar-refractivity contribution in [2.45, 2.75) is 38.1 Å². The van der Waals surface area contributed by atoms with Gasteiger partial charge in [0.25, 0.3) is 0 Å². The molecule has 1 aliphatic carbocycles. The topological polar surface area (TPSA) is 75.3 Å². The highest BCUT2D eigenvalue weighted by Crippen LogP contribution is 2.30. The predicted octanol–water partition coefficient (Wildman–Crippen LogP) is 1.79. The summed E-state index contributed by atoms with van der Waals surface area (Å²) >= 11 is 0. The van der Waals surface area contributed by atoms with Gasteiger partial charge < -0.3 is 10.2 Å². The highest BCUT2D eigenvalue weighted by molar-refractivity contribution is 5.85. The molecule has 0 saturated heterocycles. The van der Waals surface area contributed by atoms with Gasteiger partial charge in [-0.2, -0.15) is 5.10 Å². The zero-order valence-corrected chi connectivity index (χ0v) is 8.39. The average molecular weight is 210 g/mol. The van der Waals surface area contributed by atoms with Gasteiger partial charge in [0.1, 0.15) is 0 Å². The number of nitrogens with zero attached hydrogens (tertiary/aromatic N) is 2. The maximum absolute atomic E-state index is 10.7. The molecule has 1 saturated carbocycles. The molecule has 0 amide bonds. The molecule has 0 unspecified atom stereocenters. The zero-order chi connectivity index (χ0) is 10.8. The molecule has 1 aromatic heterocycles. The SMILES string of the molecule is O=C(O)c1cc(O)n(C2CCCCC2)n1. The van der Waals surface area contributed by atoms with E-state index in [0.717, 1.165) is 25.7 Å². The molecule has 1 heterocycles. The first-order valence-corrected chi connectivity index (χ1v) is 5.20. The van der Waals surface area contributed by atoms with E-state index < -0.39 is 5.97 Å². The molecule has 0 atom stereocenters. The van der Waals surface area contributed by atoms with Crippen molar-refractivity contribution in [3.63, 3.8) is 0 Å². The molecule has 1 aromatic rings. The Morgan fingerprint density at radius 3 is 2.60 bits per heavy atom. The number of aromatic hydroxyl groups is 1. The summed E-state index contributed by atoms with van der Waals surface area (Å²) in [5.74, 6) is -1.14. The van der Waals surface area contributed by atoms with Gasteiger partial charge in [0.15, 0.2) is 5.69 Å². The van der Waals surface area contributed by atoms with Crippen molar-refractivity contribution in [3.05, 3.63) is 11.8 Å². The summed E-state index contributed by atoms with van der Waals surface area (Å²) < 4.78 is 1.45. The lowest BCUT2D eigenvalue weighted by Gasteiger charge is -2.22. The van der Waals surface area contributed by atoms with Crippen LogP contribution in [-0.4, -0.2) is 26.0 Å². The first-order valence-electron chi connectivity index (χ1n) is 5.20. The summed E-state index contributed by atoms with van der Waals surface area (Å²) in [4.78, 5) is 10.7. The van der Waals surface area contributed by atoms with Crippen LogP contribution in [0.5, 0.6) is 5.88 Å². The molecule has 0 aromatic carbocycles. The number of hydrogen-bond donors (Lipinski definition) is 2. The normalized spacial score (nSPS) is 17.9. The summed E-state index contributed by atoms with van der Waals surface area (Å²) in [6, 6.07) is 1.36. The van der Waals surface area contributed by atoms with Crippen LogP contribution in [0.1, 0.15) is 48.6 Å². The minimum atomic E-state index is -1.10. The largest absolute Gasteiger partial charge is 0.493 e. The molecule has 2 N–H and O–H groups in total. The Balaban J connectivity index is 2.22. The first kappa shape index (κ1) is 10.0. The van der Waals surface area contributed by atoms with Gasteiger partial charge in [-0.1, -0.05) is 19.3 Å². The second-order valence-corrected chi connectivity index (χ2v) is 3.93. The Morgan fingerprint density at radius 1 is 1.40 bits per heavy atom. The number of aromatic carboxylic acids is 1. The van der Waals surface area contributed by atoms with E-state index in [2.05, 4.69) is 5.10 Å². The van der Waals surface area contributed by atoms with Crippen LogP contribution in [0.25, 0.3) is 0 Å². The Kier molecular flexibility index (Phi) is 2.62. The number of carboxylic acids is 1. The van der Waals surface area contributed by atoms with Crippen LogP contribution in [0.2, 0.25) is 0 Å². The Labute approximate surface area is 87.3 Å². The van der Waals surface area contributed by atoms with Crippen molar-refractivity contribution in [2.75, 3.05) is 0 Å². The quantitative estimate of drug-likeness (QED) is 0.780. The smallest absolute Gasteiger partial charge is 0.356 e. The van der Waals surface area contributed by atoms with Crippen LogP contribution >= 0.6 is 0 Å². The molecule has 82 valence electrons. The van der Waals surface area contributed by atoms with Crippen LogP contribution in [0.4, 0.5) is 0 Å². The molecular weight excluding hydrogens is 196 g/mol. The minimum Gasteiger partial charge on any atom is -0.493 e. The van der Waals surface area contributed by atoms with Gasteiger partial charge in [0.05, 0.1) is 6.04 Å². The van der Waals surface area contributed by atoms with Crippen molar-refractivity contribution in [1.82, 2.24) is 9.78 Å². The fourth-order valence-electron chi connectivity index (χ4n) is 2.08. The molecule has 2 rings (SSSR count). The van der Waals surface area contributed by atoms with Crippen LogP contribution in [0.15, 0.2) is 6.07 Å². The van der Waals surface area contributed by atoms with E-state index in [4.69, 9.17) is 5.11 Å². The Hall–Kier alpha value is -1.52. The van der Waals surface area contributed by atoms with Gasteiger partial charge in [-0.3, -0.25) is 0 Å². The molecular formula is C10H14N2O3. The van der Waals surface area contributed by atoms with Crippen LogP contribution < -0.4 is 0 Å². The maximum atomic E-state index is 10.7. The summed E-state index contributed by atoms with van der Waals surface area (Å²) in [7, 11) is 0. The lowest BCUT2D eigenvalue weighted by Crippen LogP contribution is -2.14. The van der Waals surface area contributed by atoms with Crippen LogP contribution in [0, 0.1) is 0 Å². The van der Waals surface area contributed by atoms with Crippen molar-refractivity contribution >= 4 is 5.97 Å². The molecule has 0 radical (unpaired) electrons. The van der Waals surface area contributed by atoms with Gasteiger partial charge in [-0.15, -0.1) is 0 Å². The van der Waals surface area contributed by atoms with Crippen molar-refractivity contribution < 1.29 is 15.0 Å². The monoisotopic (exact) mass is 210 g/mol. The highest BCUT2D eigenvalue weighted by atomic mass is 16.4. The first-order chi connectivity index (χ1) is 7.18. The van der Waals surface area contributed by atoms with Crippen LogP contribution in [0.3, 0.4) is 0 Å². The van der Waals surface area contributed by atoms with Crippen molar-refractivity contribution in [1.29, 1.82) is 0 Å². The van der Waals surface area contributed by atoms with Gasteiger partial charge in [-0.05, 0) is 12.8 Å². The van der Waals surface area contributed by atoms with Gasteiger partial charge in [0.2, 0.25) is 5.88 Å². The second-order valence-electron chi connectivity index (χ2n) is 3.93. The fraction of sp³-hybridized carbons (Fsp3) is 0.600. The lowest BCUT2D eigenvalue weighted by atomic mass is 9.96. The zero-order valence-electron chi connectivity index (χ0n) is 8.39. The second kappa shape index (κ2) is 3.92. The van der Waals surface area contributed by atoms with Crippen molar-refractivity contribution in [3.8, 4) is 5.88 Å². The van der Waals surface area contributed by atoms with Gasteiger partial charge in [-0.25, -0.2) is 9.48 Å². The number of rotatable bonds is 2. The maximum Gasteiger partial charge on any atom is 0.356 e. The van der Waals surface area contributed by atoms with E-state index in [1.54, 1.807) is 0 Å². The van der Waals surface area contributed by atoms with E-state index >= 15 is 0 Å². The van der Waals surface area contributed by atoms with Gasteiger partial charge in [0, 0.05) is 6.07 Å². The molecule has 5 heteroatoms. The third-order valence-electron chi connectivity index (χ3n) is 2.86. The van der Waals surface area contributed by atoms with E-state index in [1.165, 1.54) is 17.2 Å². The van der Waals surface area contributed by atoms with Crippen LogP contribution in [-0.2, 0) is 0 Å². The summed E-state index contributed by atoms with van der Waals surface area (Å²) in [5.41, 5.74) is -0.0851. The molecule has 0 aliphatic heterocycles. The molecule has 1 fully saturated rings. The average Bonchev–Trinajstić information content (AvgIpc) is 2.62. The van der Waals surface area contributed by atoms with E-state index in [-0.39, 0.29) is 17.6 Å². The molecule has 1 aliphatic rings. The lowest BCUT2D eigenvalue weighted by molar-refractivity contribution is 0.0689. The third kappa shape index (κ3) is 1.95. The van der Waals surface area contributed by atoms with E-state index in [0.29, 0.717) is 0 Å². The standard InChI is InChI=1S/C10H14N2O3/c13-9-6-8(10(14)15)11-12(9)7-4-2-1-3-5-7/h6-7,13H,1-5H2,(H,14,15). The minimum absolute atomic E-state index is 0.0423. The molecule has 5 nitrogen and oxygen atoms in total. The summed E-state index contributed by atoms with van der Waals surface area (Å²) in [6.45, 7) is 0. The summed E-state index contributed by atoms with van der Waals surface area (Å²) in [5, 5.41) is 22.2. The number of carboxylic acid groups (broad SMARTS) is 1. The number of hydrogen-bond acceptors (Lipinski definition) is 3. The molecule has 0 spiro atoms. The number of carbonyl (C=O) groups is 1. The molecule has 15 heavy (non-hydrogen) atoms. The van der Waals surface area contributed by atoms with Crippen molar-refractivity contribution in [2.24, 2.45) is 0 Å². The third-order valence-corrected chi connectivity index (χ3v) is 2.86.